The number of ether oxygens (including phenoxy) is 2. The van der Waals surface area contributed by atoms with Gasteiger partial charge in [-0.05, 0) is 109 Å². The summed E-state index contributed by atoms with van der Waals surface area (Å²) in [6.07, 6.45) is 95.3. The molecule has 0 radical (unpaired) electrons. The lowest BCUT2D eigenvalue weighted by atomic mass is 10.0. The highest BCUT2D eigenvalue weighted by molar-refractivity contribution is 7.45. The molecule has 0 aromatic heterocycles. The van der Waals surface area contributed by atoms with Crippen LogP contribution in [-0.4, -0.2) is 70.0 Å². The molecule has 0 saturated carbocycles. The van der Waals surface area contributed by atoms with E-state index in [1.165, 1.54) is 122 Å². The number of nitrogens with zero attached hydrogens (tertiary/aromatic N) is 1. The van der Waals surface area contributed by atoms with E-state index in [2.05, 4.69) is 148 Å². The van der Waals surface area contributed by atoms with Gasteiger partial charge in [-0.2, -0.15) is 0 Å². The Hall–Kier alpha value is -3.85. The average molecular weight is 1220 g/mol. The molecule has 0 fully saturated rings. The van der Waals surface area contributed by atoms with Crippen molar-refractivity contribution in [1.29, 1.82) is 0 Å². The second-order valence-electron chi connectivity index (χ2n) is 24.1. The third-order valence-corrected chi connectivity index (χ3v) is 15.6. The molecule has 0 rings (SSSR count). The normalized spacial score (nSPS) is 14.0. The SMILES string of the molecule is CC/C=C\C/C=C\C/C=C\C/C=C\C/C=C\C/C=C\CCCCCCCCC(=O)OC(COC(=O)CCCCCCCCCCCCCCCCCCCCCCC/C=C\C/C=C\C/C=C\C/C=C\C/C=C\CC)COP(=O)([O-])OCC[N+](C)(C)C. The molecule has 0 saturated heterocycles. The number of unbranched alkanes of at least 4 members (excludes halogenated alkanes) is 27. The van der Waals surface area contributed by atoms with Gasteiger partial charge >= 0.3 is 11.9 Å². The number of likely N-dealkylation sites (N-methyl/N-ethyl adjacent to an activating group) is 1. The summed E-state index contributed by atoms with van der Waals surface area (Å²) in [5, 5.41) is 0. The lowest BCUT2D eigenvalue weighted by Crippen LogP contribution is -2.37. The van der Waals surface area contributed by atoms with Crippen LogP contribution in [0.25, 0.3) is 0 Å². The standard InChI is InChI=1S/C76H130NO8P/c1-6-8-10-12-14-16-18-20-22-24-26-28-30-32-33-34-35-36-37-38-39-40-41-42-43-45-46-48-50-52-54-56-58-60-62-64-66-68-75(78)82-72-74(73-84-86(80,81)83-71-70-77(3,4)5)85-76(79)69-67-65-63-61-59-57-55-53-51-49-47-44-31-29-27-25-23-21-19-17-15-13-11-9-7-2/h8-11,14-17,20-23,26-29,32-33,44,47,51,53,74H,6-7,12-13,18-19,24-25,30-31,34-43,45-46,48-50,52,54-73H2,1-5H3/b10-8-,11-9-,16-14-,17-15-,22-20-,23-21-,28-26-,29-27-,33-32-,47-44-,53-51-. The molecule has 0 amide bonds. The zero-order valence-corrected chi connectivity index (χ0v) is 56.9. The van der Waals surface area contributed by atoms with E-state index in [1.807, 2.05) is 21.1 Å². The number of quaternary nitrogens is 1. The summed E-state index contributed by atoms with van der Waals surface area (Å²) in [5.41, 5.74) is 0. The molecule has 10 heteroatoms. The van der Waals surface area contributed by atoms with Gasteiger partial charge in [-0.3, -0.25) is 14.2 Å². The summed E-state index contributed by atoms with van der Waals surface area (Å²) >= 11 is 0. The van der Waals surface area contributed by atoms with Crippen molar-refractivity contribution in [3.63, 3.8) is 0 Å². The first-order valence-corrected chi connectivity index (χ1v) is 36.4. The first kappa shape index (κ1) is 82.1. The van der Waals surface area contributed by atoms with Gasteiger partial charge in [0.1, 0.15) is 19.8 Å². The fraction of sp³-hybridized carbons (Fsp3) is 0.684. The molecule has 0 aliphatic carbocycles. The Balaban J connectivity index is 4.04. The fourth-order valence-electron chi connectivity index (χ4n) is 9.39. The van der Waals surface area contributed by atoms with E-state index in [0.29, 0.717) is 17.4 Å². The van der Waals surface area contributed by atoms with E-state index in [0.717, 1.165) is 128 Å². The molecule has 0 aromatic carbocycles. The molecule has 0 aliphatic heterocycles. The molecule has 86 heavy (non-hydrogen) atoms. The summed E-state index contributed by atoms with van der Waals surface area (Å²) < 4.78 is 34.3. The Bertz CT molecular complexity index is 1910. The summed E-state index contributed by atoms with van der Waals surface area (Å²) in [6.45, 7) is 4.00. The second kappa shape index (κ2) is 65.6. The number of phosphoric ester groups is 1. The van der Waals surface area contributed by atoms with E-state index in [1.54, 1.807) is 0 Å². The number of carbonyl (C=O) groups is 2. The highest BCUT2D eigenvalue weighted by atomic mass is 31.2. The van der Waals surface area contributed by atoms with Crippen LogP contribution in [0.4, 0.5) is 0 Å². The van der Waals surface area contributed by atoms with E-state index < -0.39 is 26.5 Å². The number of hydrogen-bond donors (Lipinski definition) is 0. The molecule has 0 aromatic rings. The van der Waals surface area contributed by atoms with Crippen molar-refractivity contribution in [3.05, 3.63) is 134 Å². The van der Waals surface area contributed by atoms with Gasteiger partial charge in [0.25, 0.3) is 7.82 Å². The third kappa shape index (κ3) is 69.3. The molecule has 0 aliphatic rings. The number of rotatable bonds is 63. The minimum Gasteiger partial charge on any atom is -0.756 e. The molecule has 9 nitrogen and oxygen atoms in total. The molecule has 0 heterocycles. The van der Waals surface area contributed by atoms with E-state index in [4.69, 9.17) is 18.5 Å². The largest absolute Gasteiger partial charge is 0.756 e. The van der Waals surface area contributed by atoms with Crippen molar-refractivity contribution in [3.8, 4) is 0 Å². The Kier molecular flexibility index (Phi) is 62.7. The van der Waals surface area contributed by atoms with Gasteiger partial charge in [-0.25, -0.2) is 0 Å². The van der Waals surface area contributed by atoms with Gasteiger partial charge in [0, 0.05) is 12.8 Å². The Morgan fingerprint density at radius 1 is 0.360 bits per heavy atom. The first-order valence-electron chi connectivity index (χ1n) is 34.9. The van der Waals surface area contributed by atoms with Crippen molar-refractivity contribution in [2.24, 2.45) is 0 Å². The predicted molar refractivity (Wildman–Crippen MR) is 369 cm³/mol. The predicted octanol–water partition coefficient (Wildman–Crippen LogP) is 22.2. The van der Waals surface area contributed by atoms with Crippen molar-refractivity contribution < 1.29 is 42.1 Å². The van der Waals surface area contributed by atoms with Crippen molar-refractivity contribution >= 4 is 19.8 Å². The highest BCUT2D eigenvalue weighted by Gasteiger charge is 2.22. The van der Waals surface area contributed by atoms with Gasteiger partial charge in [-0.15, -0.1) is 0 Å². The lowest BCUT2D eigenvalue weighted by molar-refractivity contribution is -0.870. The summed E-state index contributed by atoms with van der Waals surface area (Å²) in [4.78, 5) is 38.1. The minimum atomic E-state index is -4.65. The number of esters is 2. The molecule has 0 bridgehead atoms. The van der Waals surface area contributed by atoms with Crippen LogP contribution < -0.4 is 4.89 Å². The summed E-state index contributed by atoms with van der Waals surface area (Å²) in [7, 11) is 1.15. The number of phosphoric acid groups is 1. The van der Waals surface area contributed by atoms with Gasteiger partial charge in [0.05, 0.1) is 27.7 Å². The number of carbonyl (C=O) groups excluding carboxylic acids is 2. The van der Waals surface area contributed by atoms with Gasteiger partial charge in [-0.1, -0.05) is 295 Å². The summed E-state index contributed by atoms with van der Waals surface area (Å²) in [6, 6.07) is 0. The topological polar surface area (TPSA) is 111 Å². The van der Waals surface area contributed by atoms with E-state index in [-0.39, 0.29) is 32.0 Å². The van der Waals surface area contributed by atoms with E-state index in [9.17, 15) is 19.0 Å². The van der Waals surface area contributed by atoms with Crippen LogP contribution in [0.15, 0.2) is 134 Å². The van der Waals surface area contributed by atoms with Crippen LogP contribution in [-0.2, 0) is 32.7 Å². The zero-order chi connectivity index (χ0) is 62.6. The van der Waals surface area contributed by atoms with Crippen molar-refractivity contribution in [2.45, 2.75) is 290 Å². The van der Waals surface area contributed by atoms with Crippen LogP contribution in [0.1, 0.15) is 284 Å². The number of hydrogen-bond acceptors (Lipinski definition) is 8. The maximum Gasteiger partial charge on any atom is 0.306 e. The van der Waals surface area contributed by atoms with Crippen LogP contribution >= 0.6 is 7.82 Å². The molecule has 492 valence electrons. The zero-order valence-electron chi connectivity index (χ0n) is 56.0. The maximum atomic E-state index is 12.8. The molecule has 2 unspecified atom stereocenters. The van der Waals surface area contributed by atoms with Crippen LogP contribution in [0.5, 0.6) is 0 Å². The van der Waals surface area contributed by atoms with Gasteiger partial charge < -0.3 is 27.9 Å². The van der Waals surface area contributed by atoms with Crippen LogP contribution in [0, 0.1) is 0 Å². The third-order valence-electron chi connectivity index (χ3n) is 14.7. The van der Waals surface area contributed by atoms with E-state index >= 15 is 0 Å². The van der Waals surface area contributed by atoms with Crippen LogP contribution in [0.2, 0.25) is 0 Å². The average Bonchev–Trinajstić information content (AvgIpc) is 3.70. The van der Waals surface area contributed by atoms with Gasteiger partial charge in [0.2, 0.25) is 0 Å². The quantitative estimate of drug-likeness (QED) is 0.0195. The molecular formula is C76H130NO8P. The Morgan fingerprint density at radius 3 is 0.930 bits per heavy atom. The molecule has 0 spiro atoms. The van der Waals surface area contributed by atoms with Crippen molar-refractivity contribution in [1.82, 2.24) is 0 Å². The minimum absolute atomic E-state index is 0.0390. The Labute approximate surface area is 530 Å². The number of allylic oxidation sites excluding steroid dienone is 22. The Morgan fingerprint density at radius 2 is 0.628 bits per heavy atom. The van der Waals surface area contributed by atoms with Crippen LogP contribution in [0.3, 0.4) is 0 Å². The lowest BCUT2D eigenvalue weighted by Gasteiger charge is -2.28. The van der Waals surface area contributed by atoms with Gasteiger partial charge in [0.15, 0.2) is 6.10 Å². The molecule has 2 atom stereocenters. The molecular weight excluding hydrogens is 1090 g/mol. The molecule has 0 N–H and O–H groups in total. The maximum absolute atomic E-state index is 12.8. The monoisotopic (exact) mass is 1220 g/mol. The second-order valence-corrected chi connectivity index (χ2v) is 25.5. The smallest absolute Gasteiger partial charge is 0.306 e. The first-order chi connectivity index (χ1) is 42.0. The van der Waals surface area contributed by atoms with Crippen molar-refractivity contribution in [2.75, 3.05) is 47.5 Å². The summed E-state index contributed by atoms with van der Waals surface area (Å²) in [5.74, 6) is -0.849. The highest BCUT2D eigenvalue weighted by Crippen LogP contribution is 2.38. The fourth-order valence-corrected chi connectivity index (χ4v) is 10.1.